The zero-order chi connectivity index (χ0) is 18.6. The minimum absolute atomic E-state index is 0.474. The topological polar surface area (TPSA) is 64.1 Å². The summed E-state index contributed by atoms with van der Waals surface area (Å²) in [6, 6.07) is 5.86. The fraction of sp³-hybridized carbons (Fsp3) is 0.650. The molecule has 1 fully saturated rings. The Morgan fingerprint density at radius 2 is 1.92 bits per heavy atom. The van der Waals surface area contributed by atoms with Gasteiger partial charge in [-0.25, -0.2) is 0 Å². The molecule has 2 rings (SSSR count). The van der Waals surface area contributed by atoms with E-state index < -0.39 is 0 Å². The van der Waals surface area contributed by atoms with Crippen LogP contribution in [0.5, 0.6) is 11.5 Å². The molecule has 6 nitrogen and oxygen atoms in total. The van der Waals surface area contributed by atoms with E-state index in [0.717, 1.165) is 42.6 Å². The molecule has 146 valence electrons. The highest BCUT2D eigenvalue weighted by Crippen LogP contribution is 2.30. The maximum absolute atomic E-state index is 5.95. The van der Waals surface area contributed by atoms with E-state index in [4.69, 9.17) is 14.2 Å². The lowest BCUT2D eigenvalue weighted by molar-refractivity contribution is 0.0277. The minimum Gasteiger partial charge on any atom is -0.493 e. The summed E-state index contributed by atoms with van der Waals surface area (Å²) in [5.41, 5.74) is 1.02. The quantitative estimate of drug-likeness (QED) is 0.401. The summed E-state index contributed by atoms with van der Waals surface area (Å²) in [5.74, 6) is 2.25. The Morgan fingerprint density at radius 3 is 2.62 bits per heavy atom. The summed E-state index contributed by atoms with van der Waals surface area (Å²) in [6.07, 6.45) is 7.88. The van der Waals surface area contributed by atoms with E-state index in [9.17, 15) is 0 Å². The third-order valence-corrected chi connectivity index (χ3v) is 4.67. The van der Waals surface area contributed by atoms with Crippen LogP contribution >= 0.6 is 0 Å². The fourth-order valence-electron chi connectivity index (χ4n) is 3.25. The average molecular weight is 364 g/mol. The molecule has 1 aromatic rings. The first-order chi connectivity index (χ1) is 12.8. The number of ether oxygens (including phenoxy) is 3. The van der Waals surface area contributed by atoms with Gasteiger partial charge in [-0.2, -0.15) is 0 Å². The Labute approximate surface area is 157 Å². The Morgan fingerprint density at radius 1 is 1.12 bits per heavy atom. The molecule has 2 N–H and O–H groups in total. The van der Waals surface area contributed by atoms with Crippen LogP contribution in [0.25, 0.3) is 0 Å². The Hall–Kier alpha value is -1.95. The van der Waals surface area contributed by atoms with Crippen molar-refractivity contribution in [1.29, 1.82) is 0 Å². The molecule has 1 aliphatic rings. The van der Waals surface area contributed by atoms with Gasteiger partial charge in [0.1, 0.15) is 0 Å². The Bertz CT molecular complexity index is 557. The molecule has 0 unspecified atom stereocenters. The first-order valence-corrected chi connectivity index (χ1v) is 9.54. The standard InChI is InChI=1S/C20H33N3O3/c1-21-20(22-13-8-14-26-17-10-5-4-6-11-17)23-15-16-9-7-12-18(24-2)19(16)25-3/h7,9,12,17H,4-6,8,10-11,13-15H2,1-3H3,(H2,21,22,23). The van der Waals surface area contributed by atoms with E-state index in [1.807, 2.05) is 18.2 Å². The normalized spacial score (nSPS) is 15.6. The van der Waals surface area contributed by atoms with E-state index in [2.05, 4.69) is 15.6 Å². The van der Waals surface area contributed by atoms with Gasteiger partial charge in [0.05, 0.1) is 20.3 Å². The van der Waals surface area contributed by atoms with E-state index in [1.165, 1.54) is 32.1 Å². The molecule has 6 heteroatoms. The number of aliphatic imine (C=N–C) groups is 1. The highest BCUT2D eigenvalue weighted by Gasteiger charge is 2.13. The van der Waals surface area contributed by atoms with Crippen molar-refractivity contribution in [2.45, 2.75) is 51.2 Å². The Balaban J connectivity index is 1.69. The van der Waals surface area contributed by atoms with Crippen LogP contribution in [-0.4, -0.2) is 46.5 Å². The minimum atomic E-state index is 0.474. The summed E-state index contributed by atoms with van der Waals surface area (Å²) in [7, 11) is 5.07. The molecule has 0 spiro atoms. The first kappa shape index (κ1) is 20.4. The molecule has 0 heterocycles. The lowest BCUT2D eigenvalue weighted by Gasteiger charge is -2.22. The van der Waals surface area contributed by atoms with E-state index in [1.54, 1.807) is 21.3 Å². The number of benzene rings is 1. The lowest BCUT2D eigenvalue weighted by atomic mass is 9.98. The van der Waals surface area contributed by atoms with Crippen LogP contribution in [0.2, 0.25) is 0 Å². The molecular formula is C20H33N3O3. The van der Waals surface area contributed by atoms with Crippen molar-refractivity contribution >= 4 is 5.96 Å². The zero-order valence-corrected chi connectivity index (χ0v) is 16.3. The van der Waals surface area contributed by atoms with Gasteiger partial charge >= 0.3 is 0 Å². The molecule has 1 aliphatic carbocycles. The highest BCUT2D eigenvalue weighted by molar-refractivity contribution is 5.79. The zero-order valence-electron chi connectivity index (χ0n) is 16.3. The van der Waals surface area contributed by atoms with Gasteiger partial charge in [-0.3, -0.25) is 4.99 Å². The number of nitrogens with zero attached hydrogens (tertiary/aromatic N) is 1. The van der Waals surface area contributed by atoms with Crippen molar-refractivity contribution in [2.24, 2.45) is 4.99 Å². The molecule has 0 radical (unpaired) electrons. The van der Waals surface area contributed by atoms with Crippen LogP contribution < -0.4 is 20.1 Å². The summed E-state index contributed by atoms with van der Waals surface area (Å²) < 4.78 is 16.8. The third-order valence-electron chi connectivity index (χ3n) is 4.67. The van der Waals surface area contributed by atoms with Gasteiger partial charge in [-0.05, 0) is 25.3 Å². The van der Waals surface area contributed by atoms with Gasteiger partial charge in [-0.15, -0.1) is 0 Å². The van der Waals surface area contributed by atoms with Crippen LogP contribution in [0.3, 0.4) is 0 Å². The largest absolute Gasteiger partial charge is 0.493 e. The highest BCUT2D eigenvalue weighted by atomic mass is 16.5. The number of para-hydroxylation sites is 1. The molecule has 0 aliphatic heterocycles. The van der Waals surface area contributed by atoms with E-state index in [-0.39, 0.29) is 0 Å². The van der Waals surface area contributed by atoms with E-state index in [0.29, 0.717) is 12.6 Å². The molecule has 0 atom stereocenters. The predicted molar refractivity (Wildman–Crippen MR) is 105 cm³/mol. The number of methoxy groups -OCH3 is 2. The maximum atomic E-state index is 5.95. The van der Waals surface area contributed by atoms with E-state index >= 15 is 0 Å². The molecular weight excluding hydrogens is 330 g/mol. The summed E-state index contributed by atoms with van der Waals surface area (Å²) in [5, 5.41) is 6.64. The van der Waals surface area contributed by atoms with Crippen molar-refractivity contribution in [2.75, 3.05) is 34.4 Å². The SMILES string of the molecule is CN=C(NCCCOC1CCCCC1)NCc1cccc(OC)c1OC. The second kappa shape index (κ2) is 11.6. The smallest absolute Gasteiger partial charge is 0.191 e. The predicted octanol–water partition coefficient (Wildman–Crippen LogP) is 3.11. The number of nitrogens with one attached hydrogen (secondary N) is 2. The van der Waals surface area contributed by atoms with Gasteiger partial charge in [-0.1, -0.05) is 31.4 Å². The Kier molecular flexibility index (Phi) is 9.10. The van der Waals surface area contributed by atoms with Crippen molar-refractivity contribution in [3.05, 3.63) is 23.8 Å². The van der Waals surface area contributed by atoms with Crippen LogP contribution in [0, 0.1) is 0 Å². The number of rotatable bonds is 9. The monoisotopic (exact) mass is 363 g/mol. The van der Waals surface area contributed by atoms with Crippen molar-refractivity contribution in [1.82, 2.24) is 10.6 Å². The number of hydrogen-bond donors (Lipinski definition) is 2. The second-order valence-electron chi connectivity index (χ2n) is 6.49. The molecule has 26 heavy (non-hydrogen) atoms. The van der Waals surface area contributed by atoms with Crippen molar-refractivity contribution in [3.8, 4) is 11.5 Å². The van der Waals surface area contributed by atoms with Crippen LogP contribution in [0.15, 0.2) is 23.2 Å². The maximum Gasteiger partial charge on any atom is 0.191 e. The van der Waals surface area contributed by atoms with Crippen LogP contribution in [0.1, 0.15) is 44.1 Å². The van der Waals surface area contributed by atoms with Crippen LogP contribution in [-0.2, 0) is 11.3 Å². The van der Waals surface area contributed by atoms with Gasteiger partial charge in [0.25, 0.3) is 0 Å². The lowest BCUT2D eigenvalue weighted by Crippen LogP contribution is -2.37. The second-order valence-corrected chi connectivity index (χ2v) is 6.49. The molecule has 0 amide bonds. The number of hydrogen-bond acceptors (Lipinski definition) is 4. The van der Waals surface area contributed by atoms with Gasteiger partial charge in [0, 0.05) is 32.3 Å². The van der Waals surface area contributed by atoms with Crippen molar-refractivity contribution < 1.29 is 14.2 Å². The summed E-state index contributed by atoms with van der Waals surface area (Å²) in [6.45, 7) is 2.25. The summed E-state index contributed by atoms with van der Waals surface area (Å²) >= 11 is 0. The molecule has 0 saturated heterocycles. The van der Waals surface area contributed by atoms with Gasteiger partial charge in [0.15, 0.2) is 17.5 Å². The average Bonchev–Trinajstić information content (AvgIpc) is 2.70. The third kappa shape index (κ3) is 6.41. The first-order valence-electron chi connectivity index (χ1n) is 9.54. The van der Waals surface area contributed by atoms with Crippen LogP contribution in [0.4, 0.5) is 0 Å². The fourth-order valence-corrected chi connectivity index (χ4v) is 3.25. The molecule has 0 aromatic heterocycles. The van der Waals surface area contributed by atoms with Gasteiger partial charge < -0.3 is 24.8 Å². The molecule has 0 bridgehead atoms. The summed E-state index contributed by atoms with van der Waals surface area (Å²) in [4.78, 5) is 4.27. The number of guanidine groups is 1. The van der Waals surface area contributed by atoms with Crippen molar-refractivity contribution in [3.63, 3.8) is 0 Å². The molecule has 1 aromatic carbocycles. The molecule has 1 saturated carbocycles. The van der Waals surface area contributed by atoms with Gasteiger partial charge in [0.2, 0.25) is 0 Å².